The van der Waals surface area contributed by atoms with Crippen molar-refractivity contribution in [2.75, 3.05) is 14.2 Å². The van der Waals surface area contributed by atoms with Crippen LogP contribution in [0.15, 0.2) is 18.2 Å². The summed E-state index contributed by atoms with van der Waals surface area (Å²) in [5, 5.41) is 0. The summed E-state index contributed by atoms with van der Waals surface area (Å²) in [6.07, 6.45) is 3.84. The second-order valence-electron chi connectivity index (χ2n) is 5.11. The van der Waals surface area contributed by atoms with Gasteiger partial charge in [0.25, 0.3) is 0 Å². The Bertz CT molecular complexity index is 401. The van der Waals surface area contributed by atoms with Gasteiger partial charge in [-0.2, -0.15) is 0 Å². The summed E-state index contributed by atoms with van der Waals surface area (Å²) in [7, 11) is 3.35. The topological polar surface area (TPSA) is 18.5 Å². The Morgan fingerprint density at radius 2 is 1.89 bits per heavy atom. The van der Waals surface area contributed by atoms with E-state index in [4.69, 9.17) is 9.47 Å². The number of halogens is 1. The highest BCUT2D eigenvalue weighted by Gasteiger charge is 2.32. The van der Waals surface area contributed by atoms with Crippen LogP contribution in [-0.2, 0) is 6.42 Å². The van der Waals surface area contributed by atoms with Crippen molar-refractivity contribution < 1.29 is 9.47 Å². The number of methoxy groups -OCH3 is 2. The Hall–Kier alpha value is -0.700. The lowest BCUT2D eigenvalue weighted by Gasteiger charge is -2.18. The van der Waals surface area contributed by atoms with Gasteiger partial charge >= 0.3 is 0 Å². The van der Waals surface area contributed by atoms with Gasteiger partial charge in [0.1, 0.15) is 0 Å². The first kappa shape index (κ1) is 13.7. The van der Waals surface area contributed by atoms with Crippen molar-refractivity contribution in [1.29, 1.82) is 0 Å². The van der Waals surface area contributed by atoms with Crippen LogP contribution in [0.5, 0.6) is 11.5 Å². The van der Waals surface area contributed by atoms with Gasteiger partial charge in [0, 0.05) is 4.83 Å². The zero-order valence-electron chi connectivity index (χ0n) is 11.3. The zero-order chi connectivity index (χ0) is 13.1. The SMILES string of the molecule is COc1ccc(CC(Br)C(C)C2CC2)cc1OC. The van der Waals surface area contributed by atoms with Crippen molar-refractivity contribution in [3.05, 3.63) is 23.8 Å². The molecule has 0 amide bonds. The maximum Gasteiger partial charge on any atom is 0.160 e. The van der Waals surface area contributed by atoms with E-state index in [9.17, 15) is 0 Å². The summed E-state index contributed by atoms with van der Waals surface area (Å²) in [6, 6.07) is 6.18. The van der Waals surface area contributed by atoms with Gasteiger partial charge < -0.3 is 9.47 Å². The number of benzene rings is 1. The lowest BCUT2D eigenvalue weighted by molar-refractivity contribution is 0.354. The molecule has 100 valence electrons. The Kier molecular flexibility index (Phi) is 4.55. The second kappa shape index (κ2) is 5.96. The maximum absolute atomic E-state index is 5.34. The van der Waals surface area contributed by atoms with E-state index in [-0.39, 0.29) is 0 Å². The van der Waals surface area contributed by atoms with E-state index in [1.54, 1.807) is 14.2 Å². The van der Waals surface area contributed by atoms with Gasteiger partial charge in [-0.25, -0.2) is 0 Å². The molecule has 0 spiro atoms. The predicted molar refractivity (Wildman–Crippen MR) is 77.9 cm³/mol. The first-order valence-electron chi connectivity index (χ1n) is 6.50. The average Bonchev–Trinajstić information content (AvgIpc) is 3.21. The fourth-order valence-corrected chi connectivity index (χ4v) is 3.14. The van der Waals surface area contributed by atoms with Gasteiger partial charge in [-0.1, -0.05) is 28.9 Å². The van der Waals surface area contributed by atoms with Gasteiger partial charge in [0.05, 0.1) is 14.2 Å². The molecular formula is C15H21BrO2. The standard InChI is InChI=1S/C15H21BrO2/c1-10(12-5-6-12)13(16)8-11-4-7-14(17-2)15(9-11)18-3/h4,7,9-10,12-13H,5-6,8H2,1-3H3. The highest BCUT2D eigenvalue weighted by atomic mass is 79.9. The highest BCUT2D eigenvalue weighted by Crippen LogP contribution is 2.41. The summed E-state index contributed by atoms with van der Waals surface area (Å²) in [4.78, 5) is 0.545. The van der Waals surface area contributed by atoms with E-state index in [0.29, 0.717) is 4.83 Å². The Labute approximate surface area is 118 Å². The molecule has 0 saturated heterocycles. The normalized spacial score (nSPS) is 18.2. The predicted octanol–water partition coefficient (Wildman–Crippen LogP) is 4.06. The highest BCUT2D eigenvalue weighted by molar-refractivity contribution is 9.09. The quantitative estimate of drug-likeness (QED) is 0.738. The minimum atomic E-state index is 0.545. The van der Waals surface area contributed by atoms with Crippen LogP contribution in [0.4, 0.5) is 0 Å². The van der Waals surface area contributed by atoms with Crippen LogP contribution in [0, 0.1) is 11.8 Å². The summed E-state index contributed by atoms with van der Waals surface area (Å²) >= 11 is 3.83. The number of hydrogen-bond acceptors (Lipinski definition) is 2. The molecule has 2 unspecified atom stereocenters. The van der Waals surface area contributed by atoms with Gasteiger partial charge in [0.15, 0.2) is 11.5 Å². The van der Waals surface area contributed by atoms with Crippen LogP contribution < -0.4 is 9.47 Å². The Morgan fingerprint density at radius 3 is 2.44 bits per heavy atom. The zero-order valence-corrected chi connectivity index (χ0v) is 12.9. The molecule has 0 N–H and O–H groups in total. The molecule has 1 fully saturated rings. The van der Waals surface area contributed by atoms with Gasteiger partial charge in [0.2, 0.25) is 0 Å². The number of hydrogen-bond donors (Lipinski definition) is 0. The molecule has 1 aliphatic rings. The van der Waals surface area contributed by atoms with Crippen molar-refractivity contribution in [1.82, 2.24) is 0 Å². The first-order valence-corrected chi connectivity index (χ1v) is 7.42. The molecule has 0 aliphatic heterocycles. The van der Waals surface area contributed by atoms with Crippen molar-refractivity contribution >= 4 is 15.9 Å². The van der Waals surface area contributed by atoms with Crippen LogP contribution in [0.1, 0.15) is 25.3 Å². The van der Waals surface area contributed by atoms with Gasteiger partial charge in [-0.05, 0) is 48.8 Å². The third kappa shape index (κ3) is 3.19. The summed E-state index contributed by atoms with van der Waals surface area (Å²) in [5.74, 6) is 3.28. The van der Waals surface area contributed by atoms with E-state index in [0.717, 1.165) is 29.8 Å². The number of alkyl halides is 1. The molecule has 1 aliphatic carbocycles. The van der Waals surface area contributed by atoms with Crippen molar-refractivity contribution in [2.45, 2.75) is 31.0 Å². The van der Waals surface area contributed by atoms with Crippen molar-refractivity contribution in [2.24, 2.45) is 11.8 Å². The van der Waals surface area contributed by atoms with E-state index < -0.39 is 0 Å². The van der Waals surface area contributed by atoms with E-state index >= 15 is 0 Å². The third-order valence-electron chi connectivity index (χ3n) is 3.81. The molecule has 2 nitrogen and oxygen atoms in total. The summed E-state index contributed by atoms with van der Waals surface area (Å²) in [5.41, 5.74) is 1.29. The minimum Gasteiger partial charge on any atom is -0.493 e. The van der Waals surface area contributed by atoms with Crippen LogP contribution in [0.2, 0.25) is 0 Å². The fourth-order valence-electron chi connectivity index (χ4n) is 2.34. The molecule has 0 heterocycles. The van der Waals surface area contributed by atoms with Crippen molar-refractivity contribution in [3.8, 4) is 11.5 Å². The smallest absolute Gasteiger partial charge is 0.160 e. The number of ether oxygens (including phenoxy) is 2. The molecule has 0 bridgehead atoms. The van der Waals surface area contributed by atoms with Crippen LogP contribution in [0.3, 0.4) is 0 Å². The van der Waals surface area contributed by atoms with Crippen LogP contribution >= 0.6 is 15.9 Å². The Morgan fingerprint density at radius 1 is 1.22 bits per heavy atom. The van der Waals surface area contributed by atoms with E-state index in [1.807, 2.05) is 6.07 Å². The molecule has 2 rings (SSSR count). The largest absolute Gasteiger partial charge is 0.493 e. The van der Waals surface area contributed by atoms with Gasteiger partial charge in [-0.3, -0.25) is 0 Å². The lowest BCUT2D eigenvalue weighted by atomic mass is 9.96. The first-order chi connectivity index (χ1) is 8.65. The van der Waals surface area contributed by atoms with Crippen molar-refractivity contribution in [3.63, 3.8) is 0 Å². The third-order valence-corrected chi connectivity index (χ3v) is 4.97. The van der Waals surface area contributed by atoms with Gasteiger partial charge in [-0.15, -0.1) is 0 Å². The van der Waals surface area contributed by atoms with Crippen LogP contribution in [-0.4, -0.2) is 19.0 Å². The minimum absolute atomic E-state index is 0.545. The number of rotatable bonds is 6. The van der Waals surface area contributed by atoms with E-state index in [1.165, 1.54) is 18.4 Å². The molecule has 18 heavy (non-hydrogen) atoms. The molecule has 2 atom stereocenters. The molecule has 0 radical (unpaired) electrons. The summed E-state index contributed by atoms with van der Waals surface area (Å²) < 4.78 is 10.6. The molecule has 1 saturated carbocycles. The average molecular weight is 313 g/mol. The maximum atomic E-state index is 5.34. The van der Waals surface area contributed by atoms with E-state index in [2.05, 4.69) is 35.0 Å². The molecule has 1 aromatic rings. The molecular weight excluding hydrogens is 292 g/mol. The monoisotopic (exact) mass is 312 g/mol. The Balaban J connectivity index is 2.04. The second-order valence-corrected chi connectivity index (χ2v) is 6.28. The molecule has 3 heteroatoms. The lowest BCUT2D eigenvalue weighted by Crippen LogP contribution is -2.15. The molecule has 1 aromatic carbocycles. The summed E-state index contributed by atoms with van der Waals surface area (Å²) in [6.45, 7) is 2.35. The fraction of sp³-hybridized carbons (Fsp3) is 0.600. The van der Waals surface area contributed by atoms with Crippen LogP contribution in [0.25, 0.3) is 0 Å². The molecule has 0 aromatic heterocycles.